The molecule has 0 spiro atoms. The number of thioether (sulfide) groups is 1. The molecule has 1 saturated carbocycles. The van der Waals surface area contributed by atoms with Gasteiger partial charge in [0.15, 0.2) is 0 Å². The number of hydrogen-bond acceptors (Lipinski definition) is 6. The number of aliphatic imine (C=N–C) groups is 1. The van der Waals surface area contributed by atoms with E-state index in [-0.39, 0.29) is 52.5 Å². The smallest absolute Gasteiger partial charge is 0.861 e. The van der Waals surface area contributed by atoms with E-state index in [0.29, 0.717) is 12.2 Å². The second kappa shape index (κ2) is 11.2. The molecule has 0 aromatic rings. The second-order valence-corrected chi connectivity index (χ2v) is 7.76. The third-order valence-electron chi connectivity index (χ3n) is 3.96. The van der Waals surface area contributed by atoms with Crippen molar-refractivity contribution in [3.05, 3.63) is 11.8 Å². The predicted molar refractivity (Wildman–Crippen MR) is 91.8 cm³/mol. The number of aliphatic carboxylic acids is 2. The fraction of sp³-hybridized carbons (Fsp3) is 0.688. The van der Waals surface area contributed by atoms with E-state index in [2.05, 4.69) is 4.99 Å². The van der Waals surface area contributed by atoms with Crippen molar-refractivity contribution in [3.8, 4) is 0 Å². The van der Waals surface area contributed by atoms with Gasteiger partial charge in [-0.15, -0.1) is 0 Å². The van der Waals surface area contributed by atoms with Crippen LogP contribution in [0.2, 0.25) is 0 Å². The molecule has 4 N–H and O–H groups in total. The number of rotatable bonds is 11. The Morgan fingerprint density at radius 2 is 2.00 bits per heavy atom. The van der Waals surface area contributed by atoms with Crippen molar-refractivity contribution in [2.45, 2.75) is 45.6 Å². The number of nitrogens with two attached hydrogens (primary N) is 1. The largest absolute Gasteiger partial charge is 1.00 e. The maximum absolute atomic E-state index is 11.9. The molecule has 136 valence electrons. The van der Waals surface area contributed by atoms with Crippen LogP contribution in [0.5, 0.6) is 0 Å². The van der Waals surface area contributed by atoms with E-state index in [1.165, 1.54) is 17.8 Å². The minimum absolute atomic E-state index is 0. The SMILES string of the molecule is CC1(C)CC1C([O-])=NC(=CCCCCSCC(N)C(=O)O)C(=O)O.[Na+]. The minimum Gasteiger partial charge on any atom is -0.861 e. The summed E-state index contributed by atoms with van der Waals surface area (Å²) in [6.07, 6.45) is 4.29. The zero-order valence-electron chi connectivity index (χ0n) is 15.0. The standard InChI is InChI=1S/C16H26N2O5S.Na/c1-16(2)8-10(16)13(19)18-12(15(22)23)6-4-3-5-7-24-9-11(17)14(20)21;/h6,10-11H,3-5,7-9,17H2,1-2H3,(H,18,19)(H,20,21)(H,22,23);/q;+1/p-1. The molecule has 25 heavy (non-hydrogen) atoms. The van der Waals surface area contributed by atoms with Crippen molar-refractivity contribution >= 4 is 29.6 Å². The first-order valence-corrected chi connectivity index (χ1v) is 9.06. The minimum atomic E-state index is -1.19. The molecule has 2 atom stereocenters. The van der Waals surface area contributed by atoms with E-state index < -0.39 is 18.0 Å². The molecule has 1 aliphatic carbocycles. The average Bonchev–Trinajstić information content (AvgIpc) is 3.13. The summed E-state index contributed by atoms with van der Waals surface area (Å²) in [4.78, 5) is 25.4. The van der Waals surface area contributed by atoms with E-state index in [4.69, 9.17) is 15.9 Å². The molecule has 0 saturated heterocycles. The summed E-state index contributed by atoms with van der Waals surface area (Å²) < 4.78 is 0. The van der Waals surface area contributed by atoms with Gasteiger partial charge >= 0.3 is 41.5 Å². The van der Waals surface area contributed by atoms with Crippen LogP contribution >= 0.6 is 11.8 Å². The molecular formula is C16H25N2NaO5S. The molecule has 0 bridgehead atoms. The summed E-state index contributed by atoms with van der Waals surface area (Å²) in [6.45, 7) is 3.92. The van der Waals surface area contributed by atoms with Gasteiger partial charge in [0.25, 0.3) is 0 Å². The summed E-state index contributed by atoms with van der Waals surface area (Å²) in [5.74, 6) is -1.62. The van der Waals surface area contributed by atoms with Crippen molar-refractivity contribution in [3.63, 3.8) is 0 Å². The molecule has 1 fully saturated rings. The fourth-order valence-corrected chi connectivity index (χ4v) is 3.11. The van der Waals surface area contributed by atoms with Crippen molar-refractivity contribution in [1.29, 1.82) is 0 Å². The van der Waals surface area contributed by atoms with Gasteiger partial charge in [-0.2, -0.15) is 11.8 Å². The number of carbonyl (C=O) groups is 2. The molecule has 0 aromatic heterocycles. The van der Waals surface area contributed by atoms with Gasteiger partial charge in [-0.1, -0.05) is 19.9 Å². The van der Waals surface area contributed by atoms with Crippen LogP contribution in [0.15, 0.2) is 16.8 Å². The first-order valence-electron chi connectivity index (χ1n) is 7.90. The summed E-state index contributed by atoms with van der Waals surface area (Å²) >= 11 is 1.46. The summed E-state index contributed by atoms with van der Waals surface area (Å²) in [5.41, 5.74) is 5.12. The summed E-state index contributed by atoms with van der Waals surface area (Å²) in [6, 6.07) is -0.856. The van der Waals surface area contributed by atoms with Gasteiger partial charge in [-0.05, 0) is 48.7 Å². The van der Waals surface area contributed by atoms with Crippen LogP contribution in [-0.4, -0.2) is 45.6 Å². The maximum atomic E-state index is 11.9. The third-order valence-corrected chi connectivity index (χ3v) is 5.13. The monoisotopic (exact) mass is 380 g/mol. The Labute approximate surface area is 174 Å². The first kappa shape index (κ1) is 24.5. The molecule has 1 aliphatic rings. The van der Waals surface area contributed by atoms with Gasteiger partial charge in [0.05, 0.1) is 0 Å². The molecule has 0 amide bonds. The van der Waals surface area contributed by atoms with Crippen molar-refractivity contribution in [2.75, 3.05) is 11.5 Å². The third kappa shape index (κ3) is 9.10. The van der Waals surface area contributed by atoms with Crippen LogP contribution in [-0.2, 0) is 9.59 Å². The van der Waals surface area contributed by atoms with E-state index in [1.54, 1.807) is 0 Å². The van der Waals surface area contributed by atoms with Crippen molar-refractivity contribution in [2.24, 2.45) is 22.1 Å². The quantitative estimate of drug-likeness (QED) is 0.125. The molecule has 2 unspecified atom stereocenters. The zero-order valence-corrected chi connectivity index (χ0v) is 17.8. The summed E-state index contributed by atoms with van der Waals surface area (Å²) in [5, 5.41) is 29.7. The Balaban J connectivity index is 0.00000576. The molecule has 0 aliphatic heterocycles. The number of carboxylic acids is 2. The van der Waals surface area contributed by atoms with Gasteiger partial charge < -0.3 is 21.1 Å². The molecule has 9 heteroatoms. The fourth-order valence-electron chi connectivity index (χ4n) is 2.13. The average molecular weight is 380 g/mol. The zero-order chi connectivity index (χ0) is 18.3. The van der Waals surface area contributed by atoms with E-state index in [0.717, 1.165) is 25.0 Å². The predicted octanol–water partition coefficient (Wildman–Crippen LogP) is -1.92. The van der Waals surface area contributed by atoms with Gasteiger partial charge in [-0.25, -0.2) is 4.79 Å². The second-order valence-electron chi connectivity index (χ2n) is 6.61. The molecule has 0 heterocycles. The Kier molecular flexibility index (Phi) is 11.0. The van der Waals surface area contributed by atoms with Crippen LogP contribution in [0.25, 0.3) is 0 Å². The molecule has 7 nitrogen and oxygen atoms in total. The number of hydrogen-bond donors (Lipinski definition) is 3. The van der Waals surface area contributed by atoms with Gasteiger partial charge in [0, 0.05) is 5.75 Å². The molecule has 1 rings (SSSR count). The molecule has 0 aromatic carbocycles. The van der Waals surface area contributed by atoms with Gasteiger partial charge in [0.2, 0.25) is 0 Å². The summed E-state index contributed by atoms with van der Waals surface area (Å²) in [7, 11) is 0. The van der Waals surface area contributed by atoms with Crippen LogP contribution in [0.4, 0.5) is 0 Å². The number of allylic oxidation sites excluding steroid dienone is 1. The number of nitrogens with zero attached hydrogens (tertiary/aromatic N) is 1. The van der Waals surface area contributed by atoms with Crippen LogP contribution in [0.3, 0.4) is 0 Å². The van der Waals surface area contributed by atoms with Crippen LogP contribution < -0.4 is 40.4 Å². The maximum Gasteiger partial charge on any atom is 1.00 e. The van der Waals surface area contributed by atoms with Crippen LogP contribution in [0, 0.1) is 11.3 Å². The topological polar surface area (TPSA) is 136 Å². The molecule has 0 radical (unpaired) electrons. The van der Waals surface area contributed by atoms with E-state index in [9.17, 15) is 14.7 Å². The van der Waals surface area contributed by atoms with Gasteiger partial charge in [-0.3, -0.25) is 9.79 Å². The van der Waals surface area contributed by atoms with Crippen LogP contribution in [0.1, 0.15) is 39.5 Å². The van der Waals surface area contributed by atoms with E-state index in [1.807, 2.05) is 13.8 Å². The molecular weight excluding hydrogens is 355 g/mol. The number of unbranched alkanes of at least 4 members (excludes halogenated alkanes) is 2. The van der Waals surface area contributed by atoms with E-state index >= 15 is 0 Å². The normalized spacial score (nSPS) is 20.5. The van der Waals surface area contributed by atoms with Crippen molar-refractivity contribution < 1.29 is 54.5 Å². The Morgan fingerprint density at radius 3 is 2.48 bits per heavy atom. The van der Waals surface area contributed by atoms with Crippen molar-refractivity contribution in [1.82, 2.24) is 0 Å². The Hall–Kier alpha value is -0.540. The first-order chi connectivity index (χ1) is 11.1. The Bertz CT molecular complexity index is 537. The van der Waals surface area contributed by atoms with Gasteiger partial charge in [0.1, 0.15) is 11.7 Å². The Morgan fingerprint density at radius 1 is 1.40 bits per heavy atom. The number of carboxylic acid groups (broad SMARTS) is 2.